The third-order valence-corrected chi connectivity index (χ3v) is 3.59. The van der Waals surface area contributed by atoms with Crippen LogP contribution in [0, 0.1) is 0 Å². The Morgan fingerprint density at radius 1 is 1.42 bits per heavy atom. The van der Waals surface area contributed by atoms with E-state index in [1.54, 1.807) is 7.11 Å². The second-order valence-corrected chi connectivity index (χ2v) is 5.12. The van der Waals surface area contributed by atoms with Crippen molar-refractivity contribution in [2.24, 2.45) is 0 Å². The summed E-state index contributed by atoms with van der Waals surface area (Å²) in [4.78, 5) is 2.55. The second kappa shape index (κ2) is 6.16. The molecule has 1 aliphatic heterocycles. The molecule has 0 unspecified atom stereocenters. The van der Waals surface area contributed by atoms with Crippen molar-refractivity contribution in [1.29, 1.82) is 0 Å². The Kier molecular flexibility index (Phi) is 5.50. The number of hydrogen-bond acceptors (Lipinski definition) is 2. The molecule has 0 aromatic rings. The van der Waals surface area contributed by atoms with Gasteiger partial charge >= 0.3 is 0 Å². The Morgan fingerprint density at radius 2 is 2.08 bits per heavy atom. The van der Waals surface area contributed by atoms with Crippen LogP contribution in [-0.2, 0) is 4.74 Å². The van der Waals surface area contributed by atoms with E-state index in [0.717, 1.165) is 10.5 Å². The van der Waals surface area contributed by atoms with Crippen LogP contribution in [0.3, 0.4) is 0 Å². The lowest BCUT2D eigenvalue weighted by Crippen LogP contribution is -2.34. The largest absolute Gasteiger partial charge is 0.385 e. The summed E-state index contributed by atoms with van der Waals surface area (Å²) in [6.07, 6.45) is 3.92. The van der Waals surface area contributed by atoms with Crippen molar-refractivity contribution in [2.75, 3.05) is 33.4 Å². The van der Waals surface area contributed by atoms with Gasteiger partial charge in [0.05, 0.1) is 0 Å². The molecule has 0 bridgehead atoms. The predicted octanol–water partition coefficient (Wildman–Crippen LogP) is 1.92. The molecule has 0 radical (unpaired) electrons. The van der Waals surface area contributed by atoms with Crippen LogP contribution in [0.2, 0.25) is 0 Å². The van der Waals surface area contributed by atoms with Crippen molar-refractivity contribution in [3.8, 4) is 0 Å². The summed E-state index contributed by atoms with van der Waals surface area (Å²) in [6, 6.07) is 0. The maximum absolute atomic E-state index is 5.03. The highest BCUT2D eigenvalue weighted by Crippen LogP contribution is 2.17. The summed E-state index contributed by atoms with van der Waals surface area (Å²) in [5.74, 6) is 0. The minimum atomic E-state index is 0.907. The van der Waals surface area contributed by atoms with E-state index < -0.39 is 0 Å². The number of hydrogen-bond donors (Lipinski definition) is 0. The molecular formula is C9H18INO. The van der Waals surface area contributed by atoms with Crippen molar-refractivity contribution in [3.63, 3.8) is 0 Å². The fourth-order valence-corrected chi connectivity index (χ4v) is 2.11. The third-order valence-electron chi connectivity index (χ3n) is 2.34. The van der Waals surface area contributed by atoms with Gasteiger partial charge < -0.3 is 9.64 Å². The third kappa shape index (κ3) is 4.05. The minimum absolute atomic E-state index is 0.907. The van der Waals surface area contributed by atoms with Gasteiger partial charge in [-0.25, -0.2) is 0 Å². The number of ether oxygens (including phenoxy) is 1. The monoisotopic (exact) mass is 283 g/mol. The van der Waals surface area contributed by atoms with Crippen LogP contribution >= 0.6 is 22.6 Å². The average molecular weight is 283 g/mol. The van der Waals surface area contributed by atoms with E-state index in [9.17, 15) is 0 Å². The molecule has 0 saturated carbocycles. The molecule has 0 N–H and O–H groups in total. The highest BCUT2D eigenvalue weighted by molar-refractivity contribution is 14.1. The van der Waals surface area contributed by atoms with E-state index in [1.165, 1.54) is 38.9 Å². The van der Waals surface area contributed by atoms with Gasteiger partial charge in [-0.2, -0.15) is 0 Å². The standard InChI is InChI=1S/C9H18INO/c1-12-8-2-5-11-6-3-9(10)4-7-11/h9H,2-8H2,1H3. The van der Waals surface area contributed by atoms with Gasteiger partial charge in [-0.3, -0.25) is 0 Å². The van der Waals surface area contributed by atoms with Crippen LogP contribution in [0.15, 0.2) is 0 Å². The minimum Gasteiger partial charge on any atom is -0.385 e. The molecule has 12 heavy (non-hydrogen) atoms. The molecule has 0 aromatic heterocycles. The molecule has 1 aliphatic rings. The van der Waals surface area contributed by atoms with Crippen molar-refractivity contribution in [1.82, 2.24) is 4.90 Å². The molecule has 3 heteroatoms. The fraction of sp³-hybridized carbons (Fsp3) is 1.00. The van der Waals surface area contributed by atoms with Crippen molar-refractivity contribution in [2.45, 2.75) is 23.2 Å². The number of rotatable bonds is 4. The quantitative estimate of drug-likeness (QED) is 0.444. The van der Waals surface area contributed by atoms with E-state index in [1.807, 2.05) is 0 Å². The first-order valence-corrected chi connectivity index (χ1v) is 5.93. The average Bonchev–Trinajstić information content (AvgIpc) is 2.09. The van der Waals surface area contributed by atoms with E-state index in [0.29, 0.717) is 0 Å². The Bertz CT molecular complexity index is 113. The van der Waals surface area contributed by atoms with Gasteiger partial charge in [0.15, 0.2) is 0 Å². The molecular weight excluding hydrogens is 265 g/mol. The molecule has 1 fully saturated rings. The molecule has 0 aliphatic carbocycles. The summed E-state index contributed by atoms with van der Waals surface area (Å²) >= 11 is 2.56. The first-order chi connectivity index (χ1) is 5.83. The van der Waals surface area contributed by atoms with E-state index >= 15 is 0 Å². The van der Waals surface area contributed by atoms with Crippen LogP contribution in [0.25, 0.3) is 0 Å². The molecule has 0 aromatic carbocycles. The SMILES string of the molecule is COCCCN1CCC(I)CC1. The molecule has 72 valence electrons. The lowest BCUT2D eigenvalue weighted by Gasteiger charge is -2.29. The zero-order valence-electron chi connectivity index (χ0n) is 7.76. The Hall–Kier alpha value is 0.650. The van der Waals surface area contributed by atoms with E-state index in [4.69, 9.17) is 4.74 Å². The van der Waals surface area contributed by atoms with Crippen LogP contribution in [0.1, 0.15) is 19.3 Å². The number of methoxy groups -OCH3 is 1. The summed E-state index contributed by atoms with van der Waals surface area (Å²) < 4.78 is 5.94. The zero-order valence-corrected chi connectivity index (χ0v) is 9.92. The lowest BCUT2D eigenvalue weighted by atomic mass is 10.1. The van der Waals surface area contributed by atoms with Gasteiger partial charge in [0, 0.05) is 24.2 Å². The van der Waals surface area contributed by atoms with Crippen molar-refractivity contribution in [3.05, 3.63) is 0 Å². The van der Waals surface area contributed by atoms with Gasteiger partial charge in [-0.05, 0) is 32.4 Å². The summed E-state index contributed by atoms with van der Waals surface area (Å²) in [6.45, 7) is 4.70. The molecule has 1 rings (SSSR count). The number of piperidine rings is 1. The molecule has 0 atom stereocenters. The highest BCUT2D eigenvalue weighted by atomic mass is 127. The maximum atomic E-state index is 5.03. The van der Waals surface area contributed by atoms with Crippen molar-refractivity contribution >= 4 is 22.6 Å². The molecule has 1 saturated heterocycles. The first-order valence-electron chi connectivity index (χ1n) is 4.68. The van der Waals surface area contributed by atoms with Gasteiger partial charge in [0.2, 0.25) is 0 Å². The van der Waals surface area contributed by atoms with Crippen molar-refractivity contribution < 1.29 is 4.74 Å². The van der Waals surface area contributed by atoms with Crippen LogP contribution < -0.4 is 0 Å². The number of alkyl halides is 1. The number of likely N-dealkylation sites (tertiary alicyclic amines) is 1. The first kappa shape index (κ1) is 10.7. The molecule has 0 amide bonds. The zero-order chi connectivity index (χ0) is 8.81. The summed E-state index contributed by atoms with van der Waals surface area (Å²) in [7, 11) is 1.77. The summed E-state index contributed by atoms with van der Waals surface area (Å²) in [5, 5.41) is 0. The smallest absolute Gasteiger partial charge is 0.0474 e. The second-order valence-electron chi connectivity index (χ2n) is 3.36. The van der Waals surface area contributed by atoms with Crippen LogP contribution in [0.5, 0.6) is 0 Å². The lowest BCUT2D eigenvalue weighted by molar-refractivity contribution is 0.164. The van der Waals surface area contributed by atoms with E-state index in [-0.39, 0.29) is 0 Å². The van der Waals surface area contributed by atoms with Gasteiger partial charge in [0.1, 0.15) is 0 Å². The van der Waals surface area contributed by atoms with E-state index in [2.05, 4.69) is 27.5 Å². The topological polar surface area (TPSA) is 12.5 Å². The van der Waals surface area contributed by atoms with Crippen LogP contribution in [0.4, 0.5) is 0 Å². The number of nitrogens with zero attached hydrogens (tertiary/aromatic N) is 1. The maximum Gasteiger partial charge on any atom is 0.0474 e. The fourth-order valence-electron chi connectivity index (χ4n) is 1.56. The number of halogens is 1. The van der Waals surface area contributed by atoms with Gasteiger partial charge in [0.25, 0.3) is 0 Å². The van der Waals surface area contributed by atoms with Crippen LogP contribution in [-0.4, -0.2) is 42.2 Å². The Morgan fingerprint density at radius 3 is 2.67 bits per heavy atom. The summed E-state index contributed by atoms with van der Waals surface area (Å²) in [5.41, 5.74) is 0. The molecule has 0 spiro atoms. The van der Waals surface area contributed by atoms with Gasteiger partial charge in [-0.15, -0.1) is 0 Å². The predicted molar refractivity (Wildman–Crippen MR) is 60.0 cm³/mol. The molecule has 2 nitrogen and oxygen atoms in total. The Balaban J connectivity index is 2.01. The highest BCUT2D eigenvalue weighted by Gasteiger charge is 2.15. The molecule has 1 heterocycles. The Labute approximate surface area is 88.8 Å². The normalized spacial score (nSPS) is 21.5. The van der Waals surface area contributed by atoms with Gasteiger partial charge in [-0.1, -0.05) is 22.6 Å².